The van der Waals surface area contributed by atoms with E-state index in [9.17, 15) is 23.9 Å². The number of benzene rings is 1. The Morgan fingerprint density at radius 1 is 1.19 bits per heavy atom. The third kappa shape index (κ3) is 4.66. The van der Waals surface area contributed by atoms with E-state index in [-0.39, 0.29) is 29.6 Å². The van der Waals surface area contributed by atoms with Crippen LogP contribution in [-0.4, -0.2) is 26.6 Å². The summed E-state index contributed by atoms with van der Waals surface area (Å²) in [4.78, 5) is 37.6. The van der Waals surface area contributed by atoms with Crippen LogP contribution in [-0.2, 0) is 19.1 Å². The Kier molecular flexibility index (Phi) is 6.10. The smallest absolute Gasteiger partial charge is 0.309 e. The number of aromatic nitrogens is 3. The van der Waals surface area contributed by atoms with Gasteiger partial charge in [0.15, 0.2) is 0 Å². The molecule has 0 bridgehead atoms. The number of aryl methyl sites for hydroxylation is 1. The van der Waals surface area contributed by atoms with E-state index < -0.39 is 34.5 Å². The van der Waals surface area contributed by atoms with Crippen molar-refractivity contribution in [1.29, 1.82) is 0 Å². The van der Waals surface area contributed by atoms with Gasteiger partial charge in [0.25, 0.3) is 5.91 Å². The van der Waals surface area contributed by atoms with Crippen LogP contribution in [0, 0.1) is 12.7 Å². The summed E-state index contributed by atoms with van der Waals surface area (Å²) < 4.78 is 19.2. The number of rotatable bonds is 6. The average molecular weight is 442 g/mol. The summed E-state index contributed by atoms with van der Waals surface area (Å²) in [5.41, 5.74) is -1.67. The zero-order chi connectivity index (χ0) is 23.6. The molecule has 0 atom stereocenters. The van der Waals surface area contributed by atoms with Crippen molar-refractivity contribution in [3.05, 3.63) is 75.1 Å². The number of hydrogen-bond donors (Lipinski definition) is 2. The number of carbonyl (C=O) groups excluding carboxylic acids is 2. The van der Waals surface area contributed by atoms with Crippen molar-refractivity contribution in [3.63, 3.8) is 0 Å². The van der Waals surface area contributed by atoms with Crippen LogP contribution in [0.25, 0.3) is 0 Å². The molecular weight excluding hydrogens is 421 g/mol. The molecule has 0 saturated heterocycles. The molecule has 2 N–H and O–H groups in total. The number of nitrogens with zero attached hydrogens (tertiary/aromatic N) is 3. The summed E-state index contributed by atoms with van der Waals surface area (Å²) in [5, 5.41) is 24.9. The SMILES string of the molecule is Cc1nnc(C(=O)NC(C)(C)c2cc(C(=O)NCc3ccc(F)cc3)c([O-])c(=O)n2C)o1. The van der Waals surface area contributed by atoms with Gasteiger partial charge in [-0.25, -0.2) is 4.39 Å². The summed E-state index contributed by atoms with van der Waals surface area (Å²) in [6, 6.07) is 6.71. The third-order valence-electron chi connectivity index (χ3n) is 4.78. The average Bonchev–Trinajstić information content (AvgIpc) is 3.17. The van der Waals surface area contributed by atoms with Gasteiger partial charge in [-0.3, -0.25) is 14.4 Å². The van der Waals surface area contributed by atoms with Crippen molar-refractivity contribution >= 4 is 11.8 Å². The Balaban J connectivity index is 1.88. The second kappa shape index (κ2) is 8.61. The van der Waals surface area contributed by atoms with E-state index in [1.807, 2.05) is 0 Å². The summed E-state index contributed by atoms with van der Waals surface area (Å²) in [6.45, 7) is 4.74. The summed E-state index contributed by atoms with van der Waals surface area (Å²) in [6.07, 6.45) is 0. The van der Waals surface area contributed by atoms with Gasteiger partial charge in [0.1, 0.15) is 5.82 Å². The van der Waals surface area contributed by atoms with Gasteiger partial charge in [-0.05, 0) is 43.4 Å². The largest absolute Gasteiger partial charge is 0.868 e. The molecule has 32 heavy (non-hydrogen) atoms. The first-order valence-electron chi connectivity index (χ1n) is 9.56. The van der Waals surface area contributed by atoms with E-state index in [1.165, 1.54) is 44.3 Å². The van der Waals surface area contributed by atoms with Crippen LogP contribution in [0.2, 0.25) is 0 Å². The number of nitrogens with one attached hydrogen (secondary N) is 2. The normalized spacial score (nSPS) is 11.3. The van der Waals surface area contributed by atoms with Crippen LogP contribution in [0.15, 0.2) is 39.5 Å². The highest BCUT2D eigenvalue weighted by atomic mass is 19.1. The highest BCUT2D eigenvalue weighted by Crippen LogP contribution is 2.23. The standard InChI is InChI=1S/C21H22FN5O5/c1-11-25-26-19(32-11)18(30)24-21(2,3)15-9-14(16(28)20(31)27(15)4)17(29)23-10-12-5-7-13(22)8-6-12/h5-9,28H,10H2,1-4H3,(H,23,29)(H,24,30)/p-1. The Bertz CT molecular complexity index is 1230. The molecule has 0 radical (unpaired) electrons. The van der Waals surface area contributed by atoms with Crippen LogP contribution >= 0.6 is 0 Å². The van der Waals surface area contributed by atoms with Gasteiger partial charge in [-0.2, -0.15) is 0 Å². The molecule has 0 spiro atoms. The quantitative estimate of drug-likeness (QED) is 0.577. The van der Waals surface area contributed by atoms with E-state index in [0.717, 1.165) is 4.57 Å². The molecule has 3 rings (SSSR count). The zero-order valence-corrected chi connectivity index (χ0v) is 17.9. The number of carbonyl (C=O) groups is 2. The Labute approximate surface area is 182 Å². The van der Waals surface area contributed by atoms with Gasteiger partial charge < -0.3 is 24.7 Å². The summed E-state index contributed by atoms with van der Waals surface area (Å²) >= 11 is 0. The Morgan fingerprint density at radius 3 is 2.44 bits per heavy atom. The first kappa shape index (κ1) is 22.7. The lowest BCUT2D eigenvalue weighted by Crippen LogP contribution is -2.45. The molecule has 3 aromatic rings. The van der Waals surface area contributed by atoms with Gasteiger partial charge >= 0.3 is 11.8 Å². The highest BCUT2D eigenvalue weighted by Gasteiger charge is 2.30. The fourth-order valence-electron chi connectivity index (χ4n) is 3.11. The molecular formula is C21H21FN5O5-. The van der Waals surface area contributed by atoms with Crippen molar-refractivity contribution in [2.24, 2.45) is 7.05 Å². The van der Waals surface area contributed by atoms with Gasteiger partial charge in [-0.15, -0.1) is 10.2 Å². The molecule has 2 aromatic heterocycles. The molecule has 0 unspecified atom stereocenters. The van der Waals surface area contributed by atoms with Gasteiger partial charge in [0.05, 0.1) is 5.54 Å². The highest BCUT2D eigenvalue weighted by molar-refractivity contribution is 5.96. The lowest BCUT2D eigenvalue weighted by molar-refractivity contribution is -0.271. The Hall–Kier alpha value is -4.02. The Morgan fingerprint density at radius 2 is 1.84 bits per heavy atom. The molecule has 0 aliphatic heterocycles. The number of hydrogen-bond acceptors (Lipinski definition) is 7. The molecule has 1 aromatic carbocycles. The molecule has 0 aliphatic carbocycles. The number of pyridine rings is 1. The molecule has 0 fully saturated rings. The second-order valence-electron chi connectivity index (χ2n) is 7.65. The molecule has 0 aliphatic rings. The van der Waals surface area contributed by atoms with Crippen LogP contribution in [0.4, 0.5) is 4.39 Å². The first-order valence-corrected chi connectivity index (χ1v) is 9.56. The molecule has 10 nitrogen and oxygen atoms in total. The van der Waals surface area contributed by atoms with Crippen LogP contribution < -0.4 is 21.3 Å². The van der Waals surface area contributed by atoms with E-state index in [2.05, 4.69) is 20.8 Å². The molecule has 11 heteroatoms. The second-order valence-corrected chi connectivity index (χ2v) is 7.65. The predicted molar refractivity (Wildman–Crippen MR) is 108 cm³/mol. The van der Waals surface area contributed by atoms with Crippen LogP contribution in [0.5, 0.6) is 5.75 Å². The molecule has 2 amide bonds. The van der Waals surface area contributed by atoms with E-state index in [1.54, 1.807) is 13.8 Å². The van der Waals surface area contributed by atoms with E-state index >= 15 is 0 Å². The lowest BCUT2D eigenvalue weighted by atomic mass is 9.97. The minimum atomic E-state index is -1.19. The van der Waals surface area contributed by atoms with Crippen molar-refractivity contribution in [1.82, 2.24) is 25.4 Å². The maximum Gasteiger partial charge on any atom is 0.309 e. The van der Waals surface area contributed by atoms with Crippen LogP contribution in [0.1, 0.15) is 52.0 Å². The monoisotopic (exact) mass is 442 g/mol. The van der Waals surface area contributed by atoms with Gasteiger partial charge in [0, 0.05) is 31.8 Å². The van der Waals surface area contributed by atoms with Crippen molar-refractivity contribution < 1.29 is 23.5 Å². The predicted octanol–water partition coefficient (Wildman–Crippen LogP) is 0.885. The molecule has 2 heterocycles. The van der Waals surface area contributed by atoms with E-state index in [4.69, 9.17) is 4.42 Å². The minimum absolute atomic E-state index is 0.0275. The van der Waals surface area contributed by atoms with E-state index in [0.29, 0.717) is 5.56 Å². The first-order chi connectivity index (χ1) is 15.0. The maximum atomic E-state index is 13.0. The summed E-state index contributed by atoms with van der Waals surface area (Å²) in [7, 11) is 1.37. The topological polar surface area (TPSA) is 142 Å². The van der Waals surface area contributed by atoms with Crippen molar-refractivity contribution in [3.8, 4) is 5.75 Å². The van der Waals surface area contributed by atoms with Crippen molar-refractivity contribution in [2.75, 3.05) is 0 Å². The fraction of sp³-hybridized carbons (Fsp3) is 0.286. The molecule has 0 saturated carbocycles. The zero-order valence-electron chi connectivity index (χ0n) is 17.9. The number of halogens is 1. The van der Waals surface area contributed by atoms with Crippen molar-refractivity contribution in [2.45, 2.75) is 32.9 Å². The fourth-order valence-corrected chi connectivity index (χ4v) is 3.11. The molecule has 168 valence electrons. The van der Waals surface area contributed by atoms with Gasteiger partial charge in [-0.1, -0.05) is 12.1 Å². The maximum absolute atomic E-state index is 13.0. The number of amides is 2. The summed E-state index contributed by atoms with van der Waals surface area (Å²) in [5.74, 6) is -2.92. The lowest BCUT2D eigenvalue weighted by Gasteiger charge is -2.30. The van der Waals surface area contributed by atoms with Crippen LogP contribution in [0.3, 0.4) is 0 Å². The van der Waals surface area contributed by atoms with Gasteiger partial charge in [0.2, 0.25) is 11.4 Å². The third-order valence-corrected chi connectivity index (χ3v) is 4.78. The minimum Gasteiger partial charge on any atom is -0.868 e.